The van der Waals surface area contributed by atoms with Gasteiger partial charge < -0.3 is 5.11 Å². The van der Waals surface area contributed by atoms with Crippen LogP contribution in [-0.2, 0) is 4.79 Å². The van der Waals surface area contributed by atoms with Crippen molar-refractivity contribution in [2.75, 3.05) is 13.1 Å². The number of hydrogen-bond donors (Lipinski definition) is 1. The smallest absolute Gasteiger partial charge is 0.303 e. The second kappa shape index (κ2) is 6.98. The van der Waals surface area contributed by atoms with Gasteiger partial charge in [0.15, 0.2) is 0 Å². The summed E-state index contributed by atoms with van der Waals surface area (Å²) >= 11 is 0. The quantitative estimate of drug-likeness (QED) is 0.902. The molecular formula is C16H21F2NO2. The predicted octanol–water partition coefficient (Wildman–Crippen LogP) is 3.60. The molecular weight excluding hydrogens is 276 g/mol. The van der Waals surface area contributed by atoms with Crippen molar-refractivity contribution in [2.24, 2.45) is 5.92 Å². The van der Waals surface area contributed by atoms with Crippen LogP contribution in [0.4, 0.5) is 8.78 Å². The highest BCUT2D eigenvalue weighted by Gasteiger charge is 2.25. The van der Waals surface area contributed by atoms with Gasteiger partial charge in [-0.3, -0.25) is 9.69 Å². The highest BCUT2D eigenvalue weighted by atomic mass is 19.1. The summed E-state index contributed by atoms with van der Waals surface area (Å²) in [7, 11) is 0. The molecule has 1 aromatic rings. The lowest BCUT2D eigenvalue weighted by Crippen LogP contribution is -2.36. The topological polar surface area (TPSA) is 40.5 Å². The van der Waals surface area contributed by atoms with Crippen molar-refractivity contribution in [1.82, 2.24) is 4.90 Å². The molecule has 1 unspecified atom stereocenters. The molecule has 1 atom stereocenters. The molecule has 1 heterocycles. The Kier molecular flexibility index (Phi) is 5.28. The third kappa shape index (κ3) is 4.24. The molecule has 5 heteroatoms. The molecule has 0 bridgehead atoms. The van der Waals surface area contributed by atoms with Gasteiger partial charge in [0.25, 0.3) is 0 Å². The molecule has 1 aliphatic rings. The van der Waals surface area contributed by atoms with E-state index in [1.165, 1.54) is 12.1 Å². The van der Waals surface area contributed by atoms with Crippen LogP contribution in [0.25, 0.3) is 0 Å². The minimum absolute atomic E-state index is 0.166. The summed E-state index contributed by atoms with van der Waals surface area (Å²) in [6.07, 6.45) is 2.73. The summed E-state index contributed by atoms with van der Waals surface area (Å²) in [5.74, 6) is -1.14. The fourth-order valence-electron chi connectivity index (χ4n) is 2.99. The van der Waals surface area contributed by atoms with Crippen LogP contribution in [0.2, 0.25) is 0 Å². The molecule has 2 rings (SSSR count). The van der Waals surface area contributed by atoms with E-state index in [0.717, 1.165) is 32.0 Å². The monoisotopic (exact) mass is 297 g/mol. The lowest BCUT2D eigenvalue weighted by molar-refractivity contribution is -0.137. The standard InChI is InChI=1S/C16H21F2NO2/c1-11(14-10-13(17)3-4-15(14)18)19-8-6-12(7-9-19)2-5-16(20)21/h3-4,10-12H,2,5-9H2,1H3,(H,20,21). The van der Waals surface area contributed by atoms with Crippen LogP contribution in [0.3, 0.4) is 0 Å². The number of likely N-dealkylation sites (tertiary alicyclic amines) is 1. The Labute approximate surface area is 123 Å². The normalized spacial score (nSPS) is 18.6. The van der Waals surface area contributed by atoms with Crippen LogP contribution in [0.1, 0.15) is 44.2 Å². The first-order valence-electron chi connectivity index (χ1n) is 7.38. The van der Waals surface area contributed by atoms with Crippen LogP contribution >= 0.6 is 0 Å². The Morgan fingerprint density at radius 3 is 2.67 bits per heavy atom. The Morgan fingerprint density at radius 2 is 2.05 bits per heavy atom. The maximum Gasteiger partial charge on any atom is 0.303 e. The zero-order valence-electron chi connectivity index (χ0n) is 12.2. The third-order valence-electron chi connectivity index (χ3n) is 4.37. The highest BCUT2D eigenvalue weighted by molar-refractivity contribution is 5.66. The van der Waals surface area contributed by atoms with E-state index < -0.39 is 11.8 Å². The Bertz CT molecular complexity index is 499. The Balaban J connectivity index is 1.92. The summed E-state index contributed by atoms with van der Waals surface area (Å²) in [6, 6.07) is 3.39. The molecule has 0 aliphatic carbocycles. The van der Waals surface area contributed by atoms with Crippen molar-refractivity contribution in [3.05, 3.63) is 35.4 Å². The van der Waals surface area contributed by atoms with E-state index in [0.29, 0.717) is 17.9 Å². The predicted molar refractivity (Wildman–Crippen MR) is 75.9 cm³/mol. The van der Waals surface area contributed by atoms with Gasteiger partial charge in [0.1, 0.15) is 11.6 Å². The van der Waals surface area contributed by atoms with E-state index in [-0.39, 0.29) is 18.3 Å². The van der Waals surface area contributed by atoms with Crippen LogP contribution in [0.5, 0.6) is 0 Å². The van der Waals surface area contributed by atoms with Crippen molar-refractivity contribution >= 4 is 5.97 Å². The number of carbonyl (C=O) groups is 1. The van der Waals surface area contributed by atoms with Gasteiger partial charge >= 0.3 is 5.97 Å². The first-order valence-corrected chi connectivity index (χ1v) is 7.38. The summed E-state index contributed by atoms with van der Waals surface area (Å²) in [6.45, 7) is 3.47. The molecule has 1 aliphatic heterocycles. The molecule has 0 spiro atoms. The second-order valence-electron chi connectivity index (χ2n) is 5.75. The highest BCUT2D eigenvalue weighted by Crippen LogP contribution is 2.30. The van der Waals surface area contributed by atoms with Gasteiger partial charge in [-0.05, 0) is 63.4 Å². The van der Waals surface area contributed by atoms with Crippen molar-refractivity contribution in [3.8, 4) is 0 Å². The number of hydrogen-bond acceptors (Lipinski definition) is 2. The minimum atomic E-state index is -0.757. The van der Waals surface area contributed by atoms with Crippen molar-refractivity contribution < 1.29 is 18.7 Å². The number of nitrogens with zero attached hydrogens (tertiary/aromatic N) is 1. The SMILES string of the molecule is CC(c1cc(F)ccc1F)N1CCC(CCC(=O)O)CC1. The number of halogens is 2. The average Bonchev–Trinajstić information content (AvgIpc) is 2.47. The molecule has 0 saturated carbocycles. The fraction of sp³-hybridized carbons (Fsp3) is 0.562. The molecule has 1 aromatic carbocycles. The molecule has 1 saturated heterocycles. The van der Waals surface area contributed by atoms with Crippen molar-refractivity contribution in [1.29, 1.82) is 0 Å². The van der Waals surface area contributed by atoms with Gasteiger partial charge in [-0.15, -0.1) is 0 Å². The molecule has 0 amide bonds. The Morgan fingerprint density at radius 1 is 1.38 bits per heavy atom. The van der Waals surface area contributed by atoms with Gasteiger partial charge in [0.05, 0.1) is 0 Å². The summed E-state index contributed by atoms with van der Waals surface area (Å²) in [4.78, 5) is 12.7. The fourth-order valence-corrected chi connectivity index (χ4v) is 2.99. The van der Waals surface area contributed by atoms with Crippen molar-refractivity contribution in [3.63, 3.8) is 0 Å². The van der Waals surface area contributed by atoms with E-state index in [1.54, 1.807) is 0 Å². The minimum Gasteiger partial charge on any atom is -0.481 e. The molecule has 0 aromatic heterocycles. The first-order chi connectivity index (χ1) is 9.97. The average molecular weight is 297 g/mol. The van der Waals surface area contributed by atoms with Crippen LogP contribution in [0, 0.1) is 17.6 Å². The van der Waals surface area contributed by atoms with Crippen molar-refractivity contribution in [2.45, 2.75) is 38.6 Å². The zero-order valence-corrected chi connectivity index (χ0v) is 12.2. The number of aliphatic carboxylic acids is 1. The lowest BCUT2D eigenvalue weighted by Gasteiger charge is -2.36. The summed E-state index contributed by atoms with van der Waals surface area (Å²) < 4.78 is 27.1. The van der Waals surface area contributed by atoms with E-state index in [2.05, 4.69) is 4.90 Å². The molecule has 0 radical (unpaired) electrons. The Hall–Kier alpha value is -1.49. The van der Waals surface area contributed by atoms with E-state index in [4.69, 9.17) is 5.11 Å². The van der Waals surface area contributed by atoms with E-state index in [1.807, 2.05) is 6.92 Å². The summed E-state index contributed by atoms with van der Waals surface area (Å²) in [5.41, 5.74) is 0.388. The molecule has 1 N–H and O–H groups in total. The maximum absolute atomic E-state index is 13.8. The van der Waals surface area contributed by atoms with Gasteiger partial charge in [0.2, 0.25) is 0 Å². The lowest BCUT2D eigenvalue weighted by atomic mass is 9.91. The number of rotatable bonds is 5. The number of benzene rings is 1. The maximum atomic E-state index is 13.8. The molecule has 3 nitrogen and oxygen atoms in total. The number of piperidine rings is 1. The van der Waals surface area contributed by atoms with E-state index in [9.17, 15) is 13.6 Å². The van der Waals surface area contributed by atoms with Crippen LogP contribution in [-0.4, -0.2) is 29.1 Å². The molecule has 1 fully saturated rings. The second-order valence-corrected chi connectivity index (χ2v) is 5.75. The van der Waals surface area contributed by atoms with Crippen LogP contribution < -0.4 is 0 Å². The zero-order chi connectivity index (χ0) is 15.4. The van der Waals surface area contributed by atoms with Gasteiger partial charge in [-0.2, -0.15) is 0 Å². The van der Waals surface area contributed by atoms with Gasteiger partial charge in [-0.1, -0.05) is 0 Å². The van der Waals surface area contributed by atoms with Crippen LogP contribution in [0.15, 0.2) is 18.2 Å². The third-order valence-corrected chi connectivity index (χ3v) is 4.37. The largest absolute Gasteiger partial charge is 0.481 e. The summed E-state index contributed by atoms with van der Waals surface area (Å²) in [5, 5.41) is 8.70. The first kappa shape index (κ1) is 15.9. The molecule has 116 valence electrons. The van der Waals surface area contributed by atoms with E-state index >= 15 is 0 Å². The van der Waals surface area contributed by atoms with Gasteiger partial charge in [-0.25, -0.2) is 8.78 Å². The number of carboxylic acids is 1. The number of carboxylic acid groups (broad SMARTS) is 1. The van der Waals surface area contributed by atoms with Gasteiger partial charge in [0, 0.05) is 18.0 Å². The molecule has 21 heavy (non-hydrogen) atoms.